The second kappa shape index (κ2) is 6.80. The summed E-state index contributed by atoms with van der Waals surface area (Å²) in [6, 6.07) is 14.3. The van der Waals surface area contributed by atoms with E-state index in [9.17, 15) is 0 Å². The number of aromatic nitrogens is 5. The van der Waals surface area contributed by atoms with E-state index >= 15 is 0 Å². The molecule has 24 heavy (non-hydrogen) atoms. The lowest BCUT2D eigenvalue weighted by molar-refractivity contribution is 0.703. The number of fused-ring (bicyclic) bond motifs is 1. The highest BCUT2D eigenvalue weighted by molar-refractivity contribution is 7.98. The Morgan fingerprint density at radius 1 is 0.917 bits per heavy atom. The minimum atomic E-state index is 0.704. The minimum absolute atomic E-state index is 0.704. The molecule has 0 unspecified atom stereocenters. The van der Waals surface area contributed by atoms with Crippen LogP contribution in [0.2, 0.25) is 0 Å². The highest BCUT2D eigenvalue weighted by atomic mass is 32.2. The summed E-state index contributed by atoms with van der Waals surface area (Å²) in [6.07, 6.45) is 7.08. The second-order valence-electron chi connectivity index (χ2n) is 5.35. The van der Waals surface area contributed by atoms with E-state index in [-0.39, 0.29) is 0 Å². The van der Waals surface area contributed by atoms with E-state index < -0.39 is 0 Å². The lowest BCUT2D eigenvalue weighted by Gasteiger charge is -2.04. The quantitative estimate of drug-likeness (QED) is 0.413. The van der Waals surface area contributed by atoms with E-state index in [0.29, 0.717) is 6.54 Å². The summed E-state index contributed by atoms with van der Waals surface area (Å²) in [5, 5.41) is 6.44. The van der Waals surface area contributed by atoms with Gasteiger partial charge in [-0.25, -0.2) is 14.6 Å². The molecule has 4 aromatic rings. The predicted molar refractivity (Wildman–Crippen MR) is 94.7 cm³/mol. The fourth-order valence-electron chi connectivity index (χ4n) is 2.49. The van der Waals surface area contributed by atoms with Crippen LogP contribution in [0.15, 0.2) is 72.4 Å². The Morgan fingerprint density at radius 2 is 1.75 bits per heavy atom. The van der Waals surface area contributed by atoms with Crippen molar-refractivity contribution in [2.75, 3.05) is 0 Å². The Balaban J connectivity index is 1.59. The third-order valence-corrected chi connectivity index (χ3v) is 4.77. The Morgan fingerprint density at radius 3 is 2.58 bits per heavy atom. The number of benzene rings is 1. The van der Waals surface area contributed by atoms with E-state index in [2.05, 4.69) is 32.2 Å². The molecule has 4 rings (SSSR count). The maximum atomic E-state index is 4.50. The van der Waals surface area contributed by atoms with Crippen LogP contribution in [0, 0.1) is 0 Å². The van der Waals surface area contributed by atoms with Crippen LogP contribution in [-0.2, 0) is 12.3 Å². The Kier molecular flexibility index (Phi) is 4.20. The maximum Gasteiger partial charge on any atom is 0.162 e. The van der Waals surface area contributed by atoms with Gasteiger partial charge in [-0.05, 0) is 23.3 Å². The Labute approximate surface area is 143 Å². The van der Waals surface area contributed by atoms with Crippen molar-refractivity contribution >= 4 is 22.8 Å². The van der Waals surface area contributed by atoms with E-state index in [1.54, 1.807) is 18.1 Å². The van der Waals surface area contributed by atoms with E-state index in [4.69, 9.17) is 0 Å². The zero-order valence-electron chi connectivity index (χ0n) is 12.9. The zero-order chi connectivity index (χ0) is 16.2. The molecule has 6 heteroatoms. The monoisotopic (exact) mass is 333 g/mol. The Hall–Kier alpha value is -2.73. The van der Waals surface area contributed by atoms with Crippen LogP contribution in [0.5, 0.6) is 0 Å². The number of pyridine rings is 1. The molecular formula is C18H15N5S. The summed E-state index contributed by atoms with van der Waals surface area (Å²) in [5.41, 5.74) is 3.29. The van der Waals surface area contributed by atoms with Gasteiger partial charge in [-0.1, -0.05) is 30.3 Å². The van der Waals surface area contributed by atoms with Gasteiger partial charge >= 0.3 is 0 Å². The lowest BCUT2D eigenvalue weighted by Crippen LogP contribution is -2.02. The van der Waals surface area contributed by atoms with Crippen LogP contribution >= 0.6 is 11.8 Å². The summed E-state index contributed by atoms with van der Waals surface area (Å²) in [4.78, 5) is 12.9. The highest BCUT2D eigenvalue weighted by Crippen LogP contribution is 2.27. The van der Waals surface area contributed by atoms with Crippen molar-refractivity contribution in [1.82, 2.24) is 24.7 Å². The van der Waals surface area contributed by atoms with Gasteiger partial charge in [0.2, 0.25) is 0 Å². The average Bonchev–Trinajstić information content (AvgIpc) is 3.05. The van der Waals surface area contributed by atoms with Crippen LogP contribution < -0.4 is 0 Å². The average molecular weight is 333 g/mol. The van der Waals surface area contributed by atoms with E-state index in [1.165, 1.54) is 11.1 Å². The molecule has 0 amide bonds. The minimum Gasteiger partial charge on any atom is -0.265 e. The van der Waals surface area contributed by atoms with Crippen molar-refractivity contribution in [3.63, 3.8) is 0 Å². The van der Waals surface area contributed by atoms with Crippen LogP contribution in [0.25, 0.3) is 11.0 Å². The molecule has 5 nitrogen and oxygen atoms in total. The van der Waals surface area contributed by atoms with Gasteiger partial charge in [-0.15, -0.1) is 11.8 Å². The highest BCUT2D eigenvalue weighted by Gasteiger charge is 2.10. The molecular weight excluding hydrogens is 318 g/mol. The summed E-state index contributed by atoms with van der Waals surface area (Å²) in [6.45, 7) is 0.704. The van der Waals surface area contributed by atoms with E-state index in [0.717, 1.165) is 21.8 Å². The molecule has 0 aliphatic heterocycles. The molecule has 118 valence electrons. The fraction of sp³-hybridized carbons (Fsp3) is 0.111. The van der Waals surface area contributed by atoms with Crippen LogP contribution in [-0.4, -0.2) is 24.7 Å². The van der Waals surface area contributed by atoms with Gasteiger partial charge in [0.15, 0.2) is 5.65 Å². The first-order chi connectivity index (χ1) is 11.9. The normalized spacial score (nSPS) is 11.0. The van der Waals surface area contributed by atoms with Crippen LogP contribution in [0.4, 0.5) is 0 Å². The molecule has 0 atom stereocenters. The van der Waals surface area contributed by atoms with Crippen LogP contribution in [0.3, 0.4) is 0 Å². The first-order valence-corrected chi connectivity index (χ1v) is 8.61. The van der Waals surface area contributed by atoms with Gasteiger partial charge in [0, 0.05) is 18.1 Å². The molecule has 0 saturated heterocycles. The Bertz CT molecular complexity index is 937. The largest absolute Gasteiger partial charge is 0.265 e. The molecule has 0 aliphatic rings. The standard InChI is InChI=1S/C18H15N5S/c1-2-4-14(5-3-1)11-23-17-16(10-22-23)18(21-13-20-17)24-12-15-6-8-19-9-7-15/h1-10,13H,11-12H2. The number of thioether (sulfide) groups is 1. The smallest absolute Gasteiger partial charge is 0.162 e. The van der Waals surface area contributed by atoms with Crippen molar-refractivity contribution < 1.29 is 0 Å². The molecule has 0 spiro atoms. The molecule has 0 N–H and O–H groups in total. The van der Waals surface area contributed by atoms with Gasteiger partial charge in [0.1, 0.15) is 11.4 Å². The summed E-state index contributed by atoms with van der Waals surface area (Å²) in [5.74, 6) is 0.846. The molecule has 0 radical (unpaired) electrons. The zero-order valence-corrected chi connectivity index (χ0v) is 13.7. The molecule has 0 fully saturated rings. The SMILES string of the molecule is c1ccc(Cn2ncc3c(SCc4ccncc4)ncnc32)cc1. The van der Waals surface area contributed by atoms with Crippen molar-refractivity contribution in [3.8, 4) is 0 Å². The van der Waals surface area contributed by atoms with Crippen LogP contribution in [0.1, 0.15) is 11.1 Å². The third-order valence-electron chi connectivity index (χ3n) is 3.70. The fourth-order valence-corrected chi connectivity index (χ4v) is 3.41. The maximum absolute atomic E-state index is 4.50. The molecule has 0 bridgehead atoms. The summed E-state index contributed by atoms with van der Waals surface area (Å²) >= 11 is 1.69. The number of hydrogen-bond donors (Lipinski definition) is 0. The topological polar surface area (TPSA) is 56.5 Å². The first kappa shape index (κ1) is 14.8. The van der Waals surface area contributed by atoms with Crippen molar-refractivity contribution in [1.29, 1.82) is 0 Å². The van der Waals surface area contributed by atoms with Gasteiger partial charge in [-0.3, -0.25) is 4.98 Å². The predicted octanol–water partition coefficient (Wildman–Crippen LogP) is 3.56. The van der Waals surface area contributed by atoms with Gasteiger partial charge in [0.05, 0.1) is 18.1 Å². The van der Waals surface area contributed by atoms with Crippen molar-refractivity contribution in [2.24, 2.45) is 0 Å². The lowest BCUT2D eigenvalue weighted by atomic mass is 10.2. The second-order valence-corrected chi connectivity index (χ2v) is 6.31. The van der Waals surface area contributed by atoms with E-state index in [1.807, 2.05) is 53.6 Å². The molecule has 3 aromatic heterocycles. The molecule has 0 saturated carbocycles. The van der Waals surface area contributed by atoms with Crippen molar-refractivity contribution in [3.05, 3.63) is 78.5 Å². The number of nitrogens with zero attached hydrogens (tertiary/aromatic N) is 5. The summed E-state index contributed by atoms with van der Waals surface area (Å²) < 4.78 is 1.92. The summed E-state index contributed by atoms with van der Waals surface area (Å²) in [7, 11) is 0. The van der Waals surface area contributed by atoms with Gasteiger partial charge in [0.25, 0.3) is 0 Å². The molecule has 0 aliphatic carbocycles. The first-order valence-electron chi connectivity index (χ1n) is 7.62. The third kappa shape index (κ3) is 3.14. The number of hydrogen-bond acceptors (Lipinski definition) is 5. The number of rotatable bonds is 5. The van der Waals surface area contributed by atoms with Crippen molar-refractivity contribution in [2.45, 2.75) is 17.3 Å². The molecule has 1 aromatic carbocycles. The molecule has 3 heterocycles. The van der Waals surface area contributed by atoms with Gasteiger partial charge < -0.3 is 0 Å². The van der Waals surface area contributed by atoms with Gasteiger partial charge in [-0.2, -0.15) is 5.10 Å².